The van der Waals surface area contributed by atoms with Crippen molar-refractivity contribution in [2.24, 2.45) is 9.98 Å². The molecule has 0 spiro atoms. The number of rotatable bonds is 6. The molecule has 2 aromatic heterocycles. The molecule has 4 heteroatoms. The number of amidine groups is 1. The summed E-state index contributed by atoms with van der Waals surface area (Å²) in [5.41, 5.74) is 20.9. The third-order valence-corrected chi connectivity index (χ3v) is 14.4. The summed E-state index contributed by atoms with van der Waals surface area (Å²) in [7, 11) is 0. The topological polar surface area (TPSA) is 42.8 Å². The molecule has 0 fully saturated rings. The number of benzene rings is 9. The lowest BCUT2D eigenvalue weighted by Gasteiger charge is -2.21. The van der Waals surface area contributed by atoms with E-state index in [0.717, 1.165) is 50.0 Å². The molecule has 0 amide bonds. The minimum atomic E-state index is -0.251. The van der Waals surface area contributed by atoms with Gasteiger partial charge in [-0.25, -0.2) is 9.98 Å². The van der Waals surface area contributed by atoms with Gasteiger partial charge < -0.3 is 8.98 Å². The number of nitrogens with zero attached hydrogens (tertiary/aromatic N) is 3. The highest BCUT2D eigenvalue weighted by Crippen LogP contribution is 2.51. The van der Waals surface area contributed by atoms with Crippen LogP contribution in [0.2, 0.25) is 0 Å². The number of furan rings is 1. The van der Waals surface area contributed by atoms with E-state index in [0.29, 0.717) is 11.5 Å². The van der Waals surface area contributed by atoms with Gasteiger partial charge in [0.2, 0.25) is 0 Å². The lowest BCUT2D eigenvalue weighted by molar-refractivity contribution is 0.660. The zero-order valence-electron chi connectivity index (χ0n) is 37.6. The van der Waals surface area contributed by atoms with Gasteiger partial charge >= 0.3 is 0 Å². The Hall–Kier alpha value is -8.34. The Morgan fingerprint density at radius 3 is 2.04 bits per heavy atom. The van der Waals surface area contributed by atoms with Gasteiger partial charge in [-0.15, -0.1) is 0 Å². The summed E-state index contributed by atoms with van der Waals surface area (Å²) in [5.74, 6) is 0.448. The lowest BCUT2D eigenvalue weighted by atomic mass is 9.82. The van der Waals surface area contributed by atoms with Crippen molar-refractivity contribution >= 4 is 61.0 Å². The Morgan fingerprint density at radius 1 is 0.522 bits per heavy atom. The lowest BCUT2D eigenvalue weighted by Crippen LogP contribution is -2.15. The van der Waals surface area contributed by atoms with Crippen LogP contribution in [0.4, 0.5) is 0 Å². The molecule has 1 atom stereocenters. The van der Waals surface area contributed by atoms with Gasteiger partial charge in [-0.3, -0.25) is 0 Å². The second kappa shape index (κ2) is 14.8. The van der Waals surface area contributed by atoms with E-state index in [1.165, 1.54) is 71.9 Å². The fourth-order valence-corrected chi connectivity index (χ4v) is 11.3. The fourth-order valence-electron chi connectivity index (χ4n) is 11.3. The molecule has 4 nitrogen and oxygen atoms in total. The smallest absolute Gasteiger partial charge is 0.141 e. The van der Waals surface area contributed by atoms with E-state index in [1.54, 1.807) is 0 Å². The van der Waals surface area contributed by atoms with Crippen LogP contribution in [0.15, 0.2) is 221 Å². The maximum Gasteiger partial charge on any atom is 0.141 e. The highest BCUT2D eigenvalue weighted by Gasteiger charge is 2.38. The van der Waals surface area contributed by atoms with Crippen LogP contribution in [-0.4, -0.2) is 16.1 Å². The van der Waals surface area contributed by atoms with Crippen molar-refractivity contribution in [3.05, 3.63) is 240 Å². The van der Waals surface area contributed by atoms with E-state index in [1.807, 2.05) is 24.3 Å². The maximum atomic E-state index is 6.35. The quantitative estimate of drug-likeness (QED) is 0.121. The normalized spacial score (nSPS) is 15.0. The van der Waals surface area contributed by atoms with Crippen molar-refractivity contribution in [1.29, 1.82) is 0 Å². The summed E-state index contributed by atoms with van der Waals surface area (Å²) in [4.78, 5) is 11.2. The predicted molar refractivity (Wildman–Crippen MR) is 280 cm³/mol. The van der Waals surface area contributed by atoms with Crippen LogP contribution >= 0.6 is 0 Å². The van der Waals surface area contributed by atoms with Crippen molar-refractivity contribution in [3.8, 4) is 39.1 Å². The molecule has 0 radical (unpaired) electrons. The standard InChI is InChI=1S/C63H45N3O/c1-38(43-25-16-28-54-59(43)49-23-10-13-27-53(49)63(54,3)4)64-62(65-39(2)44-26-17-31-58-60(44)50-24-12-15-30-57(50)67-58)61-47-22-9-8-20-45(47)51-36-40(32-34-48(51)61)41-33-35-56-52(37-41)46-21-11-14-29-55(46)66(56)42-18-6-5-7-19-42/h5-37,61H,2H2,1,3-4H3. The van der Waals surface area contributed by atoms with E-state index in [9.17, 15) is 0 Å². The predicted octanol–water partition coefficient (Wildman–Crippen LogP) is 16.3. The zero-order chi connectivity index (χ0) is 45.0. The van der Waals surface area contributed by atoms with Crippen molar-refractivity contribution in [1.82, 2.24) is 4.57 Å². The first-order valence-electron chi connectivity index (χ1n) is 23.1. The van der Waals surface area contributed by atoms with Gasteiger partial charge in [0.1, 0.15) is 17.0 Å². The van der Waals surface area contributed by atoms with Crippen LogP contribution in [0, 0.1) is 0 Å². The summed E-state index contributed by atoms with van der Waals surface area (Å²) in [6.45, 7) is 11.5. The van der Waals surface area contributed by atoms with Gasteiger partial charge in [-0.05, 0) is 111 Å². The molecule has 0 bridgehead atoms. The highest BCUT2D eigenvalue weighted by molar-refractivity contribution is 6.16. The Balaban J connectivity index is 0.988. The van der Waals surface area contributed by atoms with E-state index < -0.39 is 0 Å². The SMILES string of the molecule is C=C(N=C(N=C(C)c1cccc2c1-c1ccccc1C2(C)C)C1c2ccccc2-c2cc(-c3ccc4c(c3)c3ccccc3n4-c3ccccc3)ccc21)c1cccc2oc3ccccc3c12. The fraction of sp³-hybridized carbons (Fsp3) is 0.0794. The van der Waals surface area contributed by atoms with Gasteiger partial charge in [-0.2, -0.15) is 0 Å². The molecule has 2 aliphatic carbocycles. The molecule has 0 saturated carbocycles. The average Bonchev–Trinajstić information content (AvgIpc) is 4.09. The maximum absolute atomic E-state index is 6.35. The number of fused-ring (bicyclic) bond motifs is 12. The first-order chi connectivity index (χ1) is 32.8. The molecular formula is C63H45N3O. The second-order valence-corrected chi connectivity index (χ2v) is 18.5. The Bertz CT molecular complexity index is 3930. The van der Waals surface area contributed by atoms with E-state index in [2.05, 4.69) is 201 Å². The van der Waals surface area contributed by atoms with E-state index in [4.69, 9.17) is 21.0 Å². The molecule has 0 aliphatic heterocycles. The monoisotopic (exact) mass is 859 g/mol. The average molecular weight is 860 g/mol. The van der Waals surface area contributed by atoms with Gasteiger partial charge in [-0.1, -0.05) is 172 Å². The third kappa shape index (κ3) is 5.92. The molecule has 13 rings (SSSR count). The number of aliphatic imine (C=N–C) groups is 2. The van der Waals surface area contributed by atoms with Crippen molar-refractivity contribution in [2.75, 3.05) is 0 Å². The molecule has 11 aromatic rings. The Labute approximate surface area is 389 Å². The van der Waals surface area contributed by atoms with Crippen LogP contribution in [-0.2, 0) is 5.41 Å². The summed E-state index contributed by atoms with van der Waals surface area (Å²) in [6, 6.07) is 71.8. The molecule has 2 heterocycles. The molecule has 0 saturated heterocycles. The van der Waals surface area contributed by atoms with Gasteiger partial charge in [0.15, 0.2) is 0 Å². The number of aromatic nitrogens is 1. The van der Waals surface area contributed by atoms with E-state index in [-0.39, 0.29) is 11.3 Å². The molecule has 9 aromatic carbocycles. The van der Waals surface area contributed by atoms with Crippen LogP contribution in [0.3, 0.4) is 0 Å². The molecule has 318 valence electrons. The molecule has 1 unspecified atom stereocenters. The van der Waals surface area contributed by atoms with Crippen molar-refractivity contribution < 1.29 is 4.42 Å². The summed E-state index contributed by atoms with van der Waals surface area (Å²) in [5, 5.41) is 4.51. The van der Waals surface area contributed by atoms with Crippen LogP contribution in [0.5, 0.6) is 0 Å². The summed E-state index contributed by atoms with van der Waals surface area (Å²) in [6.07, 6.45) is 0. The molecular weight excluding hydrogens is 815 g/mol. The number of hydrogen-bond acceptors (Lipinski definition) is 2. The number of para-hydroxylation sites is 3. The first kappa shape index (κ1) is 39.1. The molecule has 67 heavy (non-hydrogen) atoms. The van der Waals surface area contributed by atoms with E-state index >= 15 is 0 Å². The van der Waals surface area contributed by atoms with Gasteiger partial charge in [0.05, 0.1) is 22.6 Å². The first-order valence-corrected chi connectivity index (χ1v) is 23.1. The number of hydrogen-bond donors (Lipinski definition) is 0. The largest absolute Gasteiger partial charge is 0.456 e. The van der Waals surface area contributed by atoms with Gasteiger partial charge in [0, 0.05) is 49.5 Å². The van der Waals surface area contributed by atoms with Crippen LogP contribution < -0.4 is 0 Å². The van der Waals surface area contributed by atoms with Crippen LogP contribution in [0.25, 0.3) is 88.5 Å². The second-order valence-electron chi connectivity index (χ2n) is 18.5. The highest BCUT2D eigenvalue weighted by atomic mass is 16.3. The zero-order valence-corrected chi connectivity index (χ0v) is 37.6. The molecule has 0 N–H and O–H groups in total. The minimum absolute atomic E-state index is 0.135. The Morgan fingerprint density at radius 2 is 1.16 bits per heavy atom. The van der Waals surface area contributed by atoms with Crippen molar-refractivity contribution in [3.63, 3.8) is 0 Å². The van der Waals surface area contributed by atoms with Crippen molar-refractivity contribution in [2.45, 2.75) is 32.1 Å². The van der Waals surface area contributed by atoms with Gasteiger partial charge in [0.25, 0.3) is 0 Å². The third-order valence-electron chi connectivity index (χ3n) is 14.4. The van der Waals surface area contributed by atoms with Crippen LogP contribution in [0.1, 0.15) is 60.1 Å². The summed E-state index contributed by atoms with van der Waals surface area (Å²) >= 11 is 0. The Kier molecular flexibility index (Phi) is 8.66. The minimum Gasteiger partial charge on any atom is -0.456 e. The molecule has 2 aliphatic rings. The summed E-state index contributed by atoms with van der Waals surface area (Å²) < 4.78 is 8.72.